The van der Waals surface area contributed by atoms with Gasteiger partial charge in [0.2, 0.25) is 0 Å². The molecular weight excluding hydrogens is 1320 g/mol. The fourth-order valence-electron chi connectivity index (χ4n) is 11.8. The van der Waals surface area contributed by atoms with E-state index in [1.807, 2.05) is 0 Å². The molecule has 83 heavy (non-hydrogen) atoms. The van der Waals surface area contributed by atoms with E-state index in [1.54, 1.807) is 0 Å². The average molecular weight is 1380 g/mol. The summed E-state index contributed by atoms with van der Waals surface area (Å²) in [6.07, 6.45) is 0.925. The van der Waals surface area contributed by atoms with Crippen LogP contribution in [0.5, 0.6) is 0 Å². The summed E-state index contributed by atoms with van der Waals surface area (Å²) < 4.78 is -8.21. The van der Waals surface area contributed by atoms with Gasteiger partial charge in [0.15, 0.2) is 0 Å². The van der Waals surface area contributed by atoms with Crippen LogP contribution in [-0.4, -0.2) is 226 Å². The first-order valence-electron chi connectivity index (χ1n) is 26.7. The number of benzene rings is 3. The van der Waals surface area contributed by atoms with Gasteiger partial charge in [0.1, 0.15) is 0 Å². The van der Waals surface area contributed by atoms with Gasteiger partial charge in [0.05, 0.1) is 0 Å². The van der Waals surface area contributed by atoms with Crippen LogP contribution in [-0.2, 0) is 2.66 Å². The first-order chi connectivity index (χ1) is 39.7. The molecule has 3 aromatic rings. The number of carboxylic acid groups (broad SMARTS) is 3. The van der Waals surface area contributed by atoms with Crippen molar-refractivity contribution < 1.29 is 91.0 Å². The molecule has 0 bridgehead atoms. The molecule has 6 aliphatic rings. The number of fused-ring (bicyclic) bond motifs is 6. The van der Waals surface area contributed by atoms with Gasteiger partial charge in [-0.25, -0.2) is 0 Å². The van der Waals surface area contributed by atoms with Crippen LogP contribution in [0.4, 0.5) is 0 Å². The Bertz CT molecular complexity index is 2520. The topological polar surface area (TPSA) is 355 Å². The zero-order valence-corrected chi connectivity index (χ0v) is 56.6. The van der Waals surface area contributed by atoms with Crippen LogP contribution in [0.15, 0.2) is 58.7 Å². The molecule has 31 heteroatoms. The van der Waals surface area contributed by atoms with Crippen molar-refractivity contribution in [3.63, 3.8) is 0 Å². The summed E-state index contributed by atoms with van der Waals surface area (Å²) in [5, 5.41) is 166. The van der Waals surface area contributed by atoms with Crippen molar-refractivity contribution >= 4 is 187 Å². The van der Waals surface area contributed by atoms with E-state index in [-0.39, 0.29) is 201 Å². The van der Waals surface area contributed by atoms with Gasteiger partial charge in [0.25, 0.3) is 0 Å². The van der Waals surface area contributed by atoms with Gasteiger partial charge >= 0.3 is 554 Å². The molecule has 0 unspecified atom stereocenters. The van der Waals surface area contributed by atoms with Crippen LogP contribution in [0.1, 0.15) is 125 Å². The maximum atomic E-state index is 14.3. The summed E-state index contributed by atoms with van der Waals surface area (Å²) in [5.41, 5.74) is 1.38. The predicted octanol–water partition coefficient (Wildman–Crippen LogP) is 7.20. The number of rotatable bonds is 30. The number of aliphatic hydroxyl groups excluding tert-OH is 12. The minimum absolute atomic E-state index is 0.0484. The Morgan fingerprint density at radius 1 is 0.265 bits per heavy atom. The van der Waals surface area contributed by atoms with Gasteiger partial charge in [-0.1, -0.05) is 0 Å². The molecule has 0 aliphatic carbocycles. The molecule has 18 nitrogen and oxygen atoms in total. The van der Waals surface area contributed by atoms with Crippen LogP contribution in [0, 0.1) is 0 Å². The summed E-state index contributed by atoms with van der Waals surface area (Å²) in [6, 6.07) is 0. The van der Waals surface area contributed by atoms with Crippen LogP contribution >= 0.6 is 141 Å². The third-order valence-corrected chi connectivity index (χ3v) is 37.5. The van der Waals surface area contributed by atoms with E-state index in [9.17, 15) is 91.0 Å². The molecule has 0 aromatic heterocycles. The standard InChI is InChI=1S/C52H63O18S12.Na/c53-13-1-47(2-14-54)71-32-26(33-39(29(44(65)66)38(32)77-47)78-48(72-33,3-15-55)4-16-56)25(27-34-40(79-49(73-34,5-17-57)6-18-58)30(45(67)68)41-35(27)74-50(80-41,7-19-59)8-20-60)28-36-42(81-51(75-36,9-21-61)10-22-62)31(46(69)70)43-37(28)76-52(82-43,11-23-63)12-24-64;/h53-64H,1-24H2,(H,65,66)(H,67,68)(H,69,70);. The molecule has 0 saturated heterocycles. The molecule has 9 rings (SSSR count). The van der Waals surface area contributed by atoms with Crippen molar-refractivity contribution in [1.29, 1.82) is 0 Å². The molecule has 0 spiro atoms. The van der Waals surface area contributed by atoms with E-state index in [4.69, 9.17) is 0 Å². The molecular formula is C52H63NaO18S12. The fraction of sp³-hybridized carbons (Fsp3) is 0.596. The molecule has 6 heterocycles. The van der Waals surface area contributed by atoms with Gasteiger partial charge in [-0.3, -0.25) is 0 Å². The van der Waals surface area contributed by atoms with Gasteiger partial charge in [-0.05, 0) is 0 Å². The Morgan fingerprint density at radius 3 is 0.494 bits per heavy atom. The second-order valence-electron chi connectivity index (χ2n) is 20.6. The van der Waals surface area contributed by atoms with E-state index in [2.05, 4.69) is 0 Å². The van der Waals surface area contributed by atoms with Gasteiger partial charge < -0.3 is 0 Å². The first kappa shape index (κ1) is 68.2. The summed E-state index contributed by atoms with van der Waals surface area (Å²) in [7, 11) is 0. The number of aliphatic hydroxyl groups is 12. The zero-order valence-electron chi connectivity index (χ0n) is 44.8. The van der Waals surface area contributed by atoms with Gasteiger partial charge in [-0.15, -0.1) is 0 Å². The van der Waals surface area contributed by atoms with Crippen LogP contribution in [0.25, 0.3) is 0 Å². The van der Waals surface area contributed by atoms with Crippen molar-refractivity contribution in [3.05, 3.63) is 33.4 Å². The van der Waals surface area contributed by atoms with Crippen LogP contribution in [0.2, 0.25) is 0 Å². The van der Waals surface area contributed by atoms with Crippen molar-refractivity contribution in [2.24, 2.45) is 0 Å². The monoisotopic (exact) mass is 1380 g/mol. The second kappa shape index (κ2) is 27.5. The SMILES string of the molecule is O=C(O)c1c2c(c([C]([Na])(c3c4c(c(C(=O)O)c5c3SC(CCO)(CCO)S5)SC(CCO)(CCO)S4)c3c4c(c(C(=O)O)c5c3SC(CCO)(CCO)S5)SC(CCO)(CCO)S4)c3c1SC(CCO)(CCO)S3)SC(CCO)(CCO)S2. The maximum absolute atomic E-state index is 14.3. The molecule has 3 aromatic carbocycles. The third kappa shape index (κ3) is 12.2. The van der Waals surface area contributed by atoms with Crippen molar-refractivity contribution in [2.45, 2.75) is 163 Å². The van der Waals surface area contributed by atoms with E-state index >= 15 is 0 Å². The molecule has 15 N–H and O–H groups in total. The molecule has 0 atom stereocenters. The average Bonchev–Trinajstić information content (AvgIpc) is 1.65. The van der Waals surface area contributed by atoms with E-state index < -0.39 is 45.0 Å². The molecule has 0 fully saturated rings. The number of carboxylic acids is 3. The Labute approximate surface area is 547 Å². The predicted molar refractivity (Wildman–Crippen MR) is 333 cm³/mol. The number of hydrogen-bond acceptors (Lipinski definition) is 27. The summed E-state index contributed by atoms with van der Waals surface area (Å²) in [5.74, 6) is -3.87. The molecule has 0 saturated carbocycles. The van der Waals surface area contributed by atoms with E-state index in [0.717, 1.165) is 0 Å². The first-order valence-corrected chi connectivity index (χ1v) is 37.5. The number of hydrogen-bond donors (Lipinski definition) is 15. The zero-order chi connectivity index (χ0) is 60.1. The third-order valence-electron chi connectivity index (χ3n) is 15.5. The van der Waals surface area contributed by atoms with Gasteiger partial charge in [0, 0.05) is 0 Å². The van der Waals surface area contributed by atoms with Crippen molar-refractivity contribution in [2.75, 3.05) is 79.3 Å². The molecule has 0 radical (unpaired) electrons. The Morgan fingerprint density at radius 2 is 0.386 bits per heavy atom. The minimum atomic E-state index is -1.67. The van der Waals surface area contributed by atoms with Crippen LogP contribution < -0.4 is 0 Å². The van der Waals surface area contributed by atoms with E-state index in [0.29, 0.717) is 75.4 Å². The molecule has 0 amide bonds. The summed E-state index contributed by atoms with van der Waals surface area (Å²) in [4.78, 5) is 47.6. The second-order valence-corrected chi connectivity index (χ2v) is 40.4. The molecule has 6 aliphatic heterocycles. The fourth-order valence-corrected chi connectivity index (χ4v) is 36.0. The van der Waals surface area contributed by atoms with Crippen molar-refractivity contribution in [3.8, 4) is 0 Å². The quantitative estimate of drug-likeness (QED) is 0.0232. The normalized spacial score (nSPS) is 19.6. The Kier molecular flexibility index (Phi) is 22.6. The number of thioether (sulfide) groups is 12. The van der Waals surface area contributed by atoms with Gasteiger partial charge in [-0.2, -0.15) is 0 Å². The Balaban J connectivity index is 1.61. The number of aromatic carboxylic acids is 3. The van der Waals surface area contributed by atoms with Crippen molar-refractivity contribution in [1.82, 2.24) is 0 Å². The van der Waals surface area contributed by atoms with E-state index in [1.165, 1.54) is 141 Å². The summed E-state index contributed by atoms with van der Waals surface area (Å²) >= 11 is 15.0. The summed E-state index contributed by atoms with van der Waals surface area (Å²) in [6.45, 7) is -4.32. The Hall–Kier alpha value is 0.790. The molecule has 452 valence electrons. The van der Waals surface area contributed by atoms with Crippen LogP contribution in [0.3, 0.4) is 0 Å². The number of carbonyl (C=O) groups is 3.